The van der Waals surface area contributed by atoms with Crippen LogP contribution in [0.4, 0.5) is 0 Å². The van der Waals surface area contributed by atoms with Crippen molar-refractivity contribution in [1.82, 2.24) is 5.06 Å². The molecule has 0 N–H and O–H groups in total. The largest absolute Gasteiger partial charge is 0.271 e. The molecule has 62 valence electrons. The molecule has 0 fully saturated rings. The molecular weight excluding hydrogens is 212 g/mol. The molecule has 1 atom stereocenters. The maximum absolute atomic E-state index is 5.64. The highest BCUT2D eigenvalue weighted by molar-refractivity contribution is 6.71. The maximum atomic E-state index is 5.64. The molecular formula is C4H4Cl3N3O. The van der Waals surface area contributed by atoms with E-state index in [1.165, 1.54) is 7.11 Å². The Balaban J connectivity index is 2.82. The zero-order chi connectivity index (χ0) is 8.43. The van der Waals surface area contributed by atoms with Gasteiger partial charge in [-0.25, -0.2) is 4.99 Å². The average molecular weight is 216 g/mol. The molecule has 0 bridgehead atoms. The Morgan fingerprint density at radius 3 is 2.64 bits per heavy atom. The van der Waals surface area contributed by atoms with Crippen molar-refractivity contribution in [2.24, 2.45) is 9.98 Å². The molecule has 1 unspecified atom stereocenters. The first-order valence-electron chi connectivity index (χ1n) is 2.60. The van der Waals surface area contributed by atoms with E-state index in [1.54, 1.807) is 0 Å². The number of halogens is 3. The molecule has 0 spiro atoms. The standard InChI is InChI=1S/C4H4Cl3N3O/c1-11-10-3(6)8-2(5)9-4(10)7/h3H,1H3. The van der Waals surface area contributed by atoms with E-state index in [1.807, 2.05) is 0 Å². The highest BCUT2D eigenvalue weighted by Gasteiger charge is 2.22. The molecule has 0 aromatic heterocycles. The Labute approximate surface area is 78.4 Å². The van der Waals surface area contributed by atoms with Crippen molar-refractivity contribution in [3.63, 3.8) is 0 Å². The van der Waals surface area contributed by atoms with Crippen LogP contribution in [0.1, 0.15) is 0 Å². The first-order chi connectivity index (χ1) is 5.15. The van der Waals surface area contributed by atoms with E-state index >= 15 is 0 Å². The van der Waals surface area contributed by atoms with Gasteiger partial charge in [-0.2, -0.15) is 10.1 Å². The van der Waals surface area contributed by atoms with Crippen LogP contribution in [-0.4, -0.2) is 28.4 Å². The lowest BCUT2D eigenvalue weighted by Crippen LogP contribution is -2.35. The van der Waals surface area contributed by atoms with Crippen molar-refractivity contribution in [2.45, 2.75) is 5.62 Å². The van der Waals surface area contributed by atoms with Crippen LogP contribution in [0.2, 0.25) is 0 Å². The summed E-state index contributed by atoms with van der Waals surface area (Å²) in [6.45, 7) is 0. The highest BCUT2D eigenvalue weighted by atomic mass is 35.5. The molecule has 1 heterocycles. The summed E-state index contributed by atoms with van der Waals surface area (Å²) >= 11 is 16.6. The molecule has 0 aromatic rings. The fourth-order valence-corrected chi connectivity index (χ4v) is 1.37. The number of aliphatic imine (C=N–C) groups is 2. The van der Waals surface area contributed by atoms with Crippen molar-refractivity contribution in [2.75, 3.05) is 7.11 Å². The maximum Gasteiger partial charge on any atom is 0.228 e. The molecule has 0 radical (unpaired) electrons. The predicted molar refractivity (Wildman–Crippen MR) is 45.1 cm³/mol. The van der Waals surface area contributed by atoms with E-state index < -0.39 is 5.62 Å². The topological polar surface area (TPSA) is 37.2 Å². The monoisotopic (exact) mass is 215 g/mol. The smallest absolute Gasteiger partial charge is 0.228 e. The number of rotatable bonds is 1. The molecule has 0 aliphatic carbocycles. The zero-order valence-corrected chi connectivity index (χ0v) is 7.73. The van der Waals surface area contributed by atoms with Gasteiger partial charge in [0.1, 0.15) is 0 Å². The number of hydrogen-bond donors (Lipinski definition) is 0. The van der Waals surface area contributed by atoms with E-state index in [-0.39, 0.29) is 10.6 Å². The summed E-state index contributed by atoms with van der Waals surface area (Å²) in [5, 5.41) is 1.20. The van der Waals surface area contributed by atoms with Gasteiger partial charge in [0.15, 0.2) is 0 Å². The van der Waals surface area contributed by atoms with Gasteiger partial charge < -0.3 is 0 Å². The minimum atomic E-state index is -0.752. The molecule has 0 saturated carbocycles. The number of hydroxylamine groups is 2. The van der Waals surface area contributed by atoms with Crippen molar-refractivity contribution < 1.29 is 4.84 Å². The van der Waals surface area contributed by atoms with E-state index in [0.717, 1.165) is 5.06 Å². The summed E-state index contributed by atoms with van der Waals surface area (Å²) in [6, 6.07) is 0. The molecule has 1 rings (SSSR count). The lowest BCUT2D eigenvalue weighted by Gasteiger charge is -2.23. The van der Waals surface area contributed by atoms with Crippen LogP contribution in [0, 0.1) is 0 Å². The third-order valence-corrected chi connectivity index (χ3v) is 1.68. The van der Waals surface area contributed by atoms with Gasteiger partial charge >= 0.3 is 0 Å². The third kappa shape index (κ3) is 1.96. The van der Waals surface area contributed by atoms with E-state index in [2.05, 4.69) is 9.98 Å². The molecule has 1 aliphatic heterocycles. The number of hydrogen-bond acceptors (Lipinski definition) is 4. The van der Waals surface area contributed by atoms with Crippen LogP contribution in [-0.2, 0) is 4.84 Å². The fourth-order valence-electron chi connectivity index (χ4n) is 0.545. The zero-order valence-electron chi connectivity index (χ0n) is 5.46. The van der Waals surface area contributed by atoms with Gasteiger partial charge in [0.05, 0.1) is 7.11 Å². The van der Waals surface area contributed by atoms with E-state index in [4.69, 9.17) is 39.6 Å². The first kappa shape index (κ1) is 9.06. The minimum absolute atomic E-state index is 0.0169. The van der Waals surface area contributed by atoms with Gasteiger partial charge in [-0.1, -0.05) is 11.6 Å². The summed E-state index contributed by atoms with van der Waals surface area (Å²) in [5.41, 5.74) is -0.752. The number of nitrogens with zero attached hydrogens (tertiary/aromatic N) is 3. The van der Waals surface area contributed by atoms with Gasteiger partial charge in [0.25, 0.3) is 0 Å². The summed E-state index contributed by atoms with van der Waals surface area (Å²) in [6.07, 6.45) is 0. The van der Waals surface area contributed by atoms with E-state index in [0.29, 0.717) is 0 Å². The van der Waals surface area contributed by atoms with Crippen LogP contribution in [0.3, 0.4) is 0 Å². The second kappa shape index (κ2) is 3.58. The molecule has 0 aromatic carbocycles. The number of alkyl halides is 1. The molecule has 4 nitrogen and oxygen atoms in total. The van der Waals surface area contributed by atoms with Crippen molar-refractivity contribution >= 4 is 45.4 Å². The Morgan fingerprint density at radius 2 is 2.18 bits per heavy atom. The molecule has 1 aliphatic rings. The lowest BCUT2D eigenvalue weighted by molar-refractivity contribution is -0.0721. The van der Waals surface area contributed by atoms with Gasteiger partial charge in [0.2, 0.25) is 16.2 Å². The highest BCUT2D eigenvalue weighted by Crippen LogP contribution is 2.16. The van der Waals surface area contributed by atoms with Gasteiger partial charge in [-0.05, 0) is 23.2 Å². The average Bonchev–Trinajstić information content (AvgIpc) is 1.85. The summed E-state index contributed by atoms with van der Waals surface area (Å²) in [5.74, 6) is 0. The SMILES string of the molecule is CON1C(Cl)=NC(Cl)=NC1Cl. The van der Waals surface area contributed by atoms with Crippen LogP contribution < -0.4 is 0 Å². The van der Waals surface area contributed by atoms with Gasteiger partial charge in [-0.15, -0.1) is 0 Å². The van der Waals surface area contributed by atoms with E-state index in [9.17, 15) is 0 Å². The van der Waals surface area contributed by atoms with Gasteiger partial charge in [-0.3, -0.25) is 4.84 Å². The Kier molecular flexibility index (Phi) is 2.95. The summed E-state index contributed by atoms with van der Waals surface area (Å²) < 4.78 is 0. The number of amidine groups is 2. The quantitative estimate of drug-likeness (QED) is 0.493. The summed E-state index contributed by atoms with van der Waals surface area (Å²) in [7, 11) is 1.40. The minimum Gasteiger partial charge on any atom is -0.271 e. The predicted octanol–water partition coefficient (Wildman–Crippen LogP) is 1.58. The molecule has 11 heavy (non-hydrogen) atoms. The Hall–Kier alpha value is -0.0300. The second-order valence-electron chi connectivity index (χ2n) is 1.60. The molecule has 0 amide bonds. The Bertz CT molecular complexity index is 217. The van der Waals surface area contributed by atoms with Crippen molar-refractivity contribution in [1.29, 1.82) is 0 Å². The van der Waals surface area contributed by atoms with Crippen molar-refractivity contribution in [3.8, 4) is 0 Å². The normalized spacial score (nSPS) is 24.7. The van der Waals surface area contributed by atoms with Crippen LogP contribution in [0.5, 0.6) is 0 Å². The fraction of sp³-hybridized carbons (Fsp3) is 0.500. The second-order valence-corrected chi connectivity index (χ2v) is 2.66. The summed E-state index contributed by atoms with van der Waals surface area (Å²) in [4.78, 5) is 12.0. The van der Waals surface area contributed by atoms with Crippen LogP contribution in [0.15, 0.2) is 9.98 Å². The van der Waals surface area contributed by atoms with Crippen LogP contribution in [0.25, 0.3) is 0 Å². The van der Waals surface area contributed by atoms with Crippen LogP contribution >= 0.6 is 34.8 Å². The lowest BCUT2D eigenvalue weighted by atomic mass is 10.9. The molecule has 7 heteroatoms. The van der Waals surface area contributed by atoms with Gasteiger partial charge in [0, 0.05) is 0 Å². The first-order valence-corrected chi connectivity index (χ1v) is 3.79. The van der Waals surface area contributed by atoms with Crippen molar-refractivity contribution in [3.05, 3.63) is 0 Å². The third-order valence-electron chi connectivity index (χ3n) is 0.970. The Morgan fingerprint density at radius 1 is 1.55 bits per heavy atom. The molecule has 0 saturated heterocycles.